The molecule has 2 rings (SSSR count). The average molecular weight is 338 g/mol. The third-order valence-electron chi connectivity index (χ3n) is 3.70. The maximum absolute atomic E-state index is 13.0. The summed E-state index contributed by atoms with van der Waals surface area (Å²) >= 11 is 0. The molecule has 23 heavy (non-hydrogen) atoms. The highest BCUT2D eigenvalue weighted by molar-refractivity contribution is 7.88. The number of carbonyl (C=O) groups excluding carboxylic acids is 1. The predicted molar refractivity (Wildman–Crippen MR) is 85.4 cm³/mol. The van der Waals surface area contributed by atoms with Gasteiger partial charge in [0.05, 0.1) is 12.8 Å². The number of piperidine rings is 1. The molecule has 1 aromatic carbocycles. The molecular weight excluding hydrogens is 319 g/mol. The molecule has 0 atom stereocenters. The Labute approximate surface area is 135 Å². The molecule has 1 fully saturated rings. The molecule has 0 aliphatic carbocycles. The standard InChI is InChI=1S/C16H19FN2O3S/c1-23(21,22)19-10-7-14(8-11-19)16(20)18-9-3-5-13-4-2-6-15(17)12-13/h2,4,6,12,14H,7-11H2,1H3,(H,18,20). The lowest BCUT2D eigenvalue weighted by atomic mass is 9.97. The van der Waals surface area contributed by atoms with E-state index in [9.17, 15) is 17.6 Å². The number of rotatable bonds is 3. The Hall–Kier alpha value is -1.91. The number of nitrogens with one attached hydrogen (secondary N) is 1. The number of benzene rings is 1. The Bertz CT molecular complexity index is 729. The summed E-state index contributed by atoms with van der Waals surface area (Å²) in [5.41, 5.74) is 0.556. The monoisotopic (exact) mass is 338 g/mol. The van der Waals surface area contributed by atoms with E-state index in [0.29, 0.717) is 31.5 Å². The summed E-state index contributed by atoms with van der Waals surface area (Å²) in [5.74, 6) is 4.90. The van der Waals surface area contributed by atoms with Crippen molar-refractivity contribution >= 4 is 15.9 Å². The van der Waals surface area contributed by atoms with Crippen molar-refractivity contribution < 1.29 is 17.6 Å². The van der Waals surface area contributed by atoms with Gasteiger partial charge in [0, 0.05) is 24.6 Å². The van der Waals surface area contributed by atoms with Crippen LogP contribution in [0.4, 0.5) is 4.39 Å². The lowest BCUT2D eigenvalue weighted by molar-refractivity contribution is -0.125. The molecular formula is C16H19FN2O3S. The zero-order valence-corrected chi connectivity index (χ0v) is 13.7. The quantitative estimate of drug-likeness (QED) is 0.835. The van der Waals surface area contributed by atoms with E-state index in [1.807, 2.05) is 0 Å². The summed E-state index contributed by atoms with van der Waals surface area (Å²) < 4.78 is 37.2. The molecule has 0 bridgehead atoms. The largest absolute Gasteiger partial charge is 0.345 e. The SMILES string of the molecule is CS(=O)(=O)N1CCC(C(=O)NCC#Cc2cccc(F)c2)CC1. The zero-order chi connectivity index (χ0) is 16.9. The number of halogens is 1. The van der Waals surface area contributed by atoms with E-state index in [1.54, 1.807) is 12.1 Å². The van der Waals surface area contributed by atoms with Gasteiger partial charge in [0.25, 0.3) is 0 Å². The van der Waals surface area contributed by atoms with Crippen molar-refractivity contribution in [2.45, 2.75) is 12.8 Å². The topological polar surface area (TPSA) is 66.5 Å². The second-order valence-corrected chi connectivity index (χ2v) is 7.45. The van der Waals surface area contributed by atoms with Gasteiger partial charge in [0.2, 0.25) is 15.9 Å². The van der Waals surface area contributed by atoms with Crippen LogP contribution in [0, 0.1) is 23.6 Å². The molecule has 0 saturated carbocycles. The first-order chi connectivity index (χ1) is 10.9. The van der Waals surface area contributed by atoms with Crippen molar-refractivity contribution in [2.24, 2.45) is 5.92 Å². The van der Waals surface area contributed by atoms with Gasteiger partial charge in [-0.05, 0) is 31.0 Å². The molecule has 1 aliphatic heterocycles. The van der Waals surface area contributed by atoms with Crippen molar-refractivity contribution in [1.82, 2.24) is 9.62 Å². The Balaban J connectivity index is 1.78. The molecule has 1 aliphatic rings. The van der Waals surface area contributed by atoms with Gasteiger partial charge in [-0.2, -0.15) is 0 Å². The normalized spacial score (nSPS) is 16.4. The summed E-state index contributed by atoms with van der Waals surface area (Å²) in [6, 6.07) is 5.94. The highest BCUT2D eigenvalue weighted by Gasteiger charge is 2.28. The highest BCUT2D eigenvalue weighted by Crippen LogP contribution is 2.19. The minimum atomic E-state index is -3.18. The van der Waals surface area contributed by atoms with Gasteiger partial charge >= 0.3 is 0 Å². The van der Waals surface area contributed by atoms with Gasteiger partial charge in [0.15, 0.2) is 0 Å². The molecule has 1 saturated heterocycles. The number of hydrogen-bond acceptors (Lipinski definition) is 3. The number of amides is 1. The van der Waals surface area contributed by atoms with Crippen molar-refractivity contribution in [3.8, 4) is 11.8 Å². The molecule has 1 N–H and O–H groups in total. The molecule has 0 radical (unpaired) electrons. The summed E-state index contributed by atoms with van der Waals surface area (Å²) in [6.07, 6.45) is 2.20. The Kier molecular flexibility index (Phi) is 5.74. The number of hydrogen-bond donors (Lipinski definition) is 1. The van der Waals surface area contributed by atoms with Crippen molar-refractivity contribution in [3.63, 3.8) is 0 Å². The van der Waals surface area contributed by atoms with Crippen molar-refractivity contribution in [1.29, 1.82) is 0 Å². The molecule has 0 unspecified atom stereocenters. The Morgan fingerprint density at radius 1 is 1.39 bits per heavy atom. The molecule has 0 spiro atoms. The van der Waals surface area contributed by atoms with Crippen LogP contribution in [-0.4, -0.2) is 44.5 Å². The van der Waals surface area contributed by atoms with Crippen LogP contribution >= 0.6 is 0 Å². The third kappa shape index (κ3) is 5.34. The Morgan fingerprint density at radius 3 is 2.70 bits per heavy atom. The Morgan fingerprint density at radius 2 is 2.09 bits per heavy atom. The van der Waals surface area contributed by atoms with Crippen LogP contribution in [0.25, 0.3) is 0 Å². The smallest absolute Gasteiger partial charge is 0.223 e. The molecule has 1 amide bonds. The van der Waals surface area contributed by atoms with E-state index in [4.69, 9.17) is 0 Å². The van der Waals surface area contributed by atoms with E-state index in [-0.39, 0.29) is 24.2 Å². The number of nitrogens with zero attached hydrogens (tertiary/aromatic N) is 1. The van der Waals surface area contributed by atoms with Gasteiger partial charge < -0.3 is 5.32 Å². The van der Waals surface area contributed by atoms with Gasteiger partial charge in [-0.25, -0.2) is 17.1 Å². The first kappa shape index (κ1) is 17.4. The van der Waals surface area contributed by atoms with Crippen LogP contribution in [0.3, 0.4) is 0 Å². The minimum Gasteiger partial charge on any atom is -0.345 e. The molecule has 5 nitrogen and oxygen atoms in total. The minimum absolute atomic E-state index is 0.119. The van der Waals surface area contributed by atoms with Crippen LogP contribution in [0.15, 0.2) is 24.3 Å². The van der Waals surface area contributed by atoms with Crippen LogP contribution in [-0.2, 0) is 14.8 Å². The molecule has 7 heteroatoms. The fraction of sp³-hybridized carbons (Fsp3) is 0.438. The highest BCUT2D eigenvalue weighted by atomic mass is 32.2. The fourth-order valence-electron chi connectivity index (χ4n) is 2.44. The number of carbonyl (C=O) groups is 1. The van der Waals surface area contributed by atoms with Gasteiger partial charge in [-0.1, -0.05) is 17.9 Å². The van der Waals surface area contributed by atoms with Crippen molar-refractivity contribution in [3.05, 3.63) is 35.6 Å². The van der Waals surface area contributed by atoms with Gasteiger partial charge in [-0.15, -0.1) is 0 Å². The van der Waals surface area contributed by atoms with E-state index in [2.05, 4.69) is 17.2 Å². The summed E-state index contributed by atoms with van der Waals surface area (Å²) in [4.78, 5) is 12.0. The molecule has 1 aromatic rings. The first-order valence-corrected chi connectivity index (χ1v) is 9.18. The summed E-state index contributed by atoms with van der Waals surface area (Å²) in [5, 5.41) is 2.72. The van der Waals surface area contributed by atoms with Gasteiger partial charge in [-0.3, -0.25) is 4.79 Å². The van der Waals surface area contributed by atoms with Gasteiger partial charge in [0.1, 0.15) is 5.82 Å². The van der Waals surface area contributed by atoms with Crippen LogP contribution < -0.4 is 5.32 Å². The second kappa shape index (κ2) is 7.57. The van der Waals surface area contributed by atoms with E-state index < -0.39 is 10.0 Å². The van der Waals surface area contributed by atoms with E-state index in [0.717, 1.165) is 0 Å². The fourth-order valence-corrected chi connectivity index (χ4v) is 3.31. The summed E-state index contributed by atoms with van der Waals surface area (Å²) in [7, 11) is -3.18. The average Bonchev–Trinajstić information content (AvgIpc) is 2.51. The first-order valence-electron chi connectivity index (χ1n) is 7.33. The maximum Gasteiger partial charge on any atom is 0.223 e. The zero-order valence-electron chi connectivity index (χ0n) is 12.9. The van der Waals surface area contributed by atoms with E-state index in [1.165, 1.54) is 22.7 Å². The molecule has 0 aromatic heterocycles. The molecule has 124 valence electrons. The van der Waals surface area contributed by atoms with Crippen molar-refractivity contribution in [2.75, 3.05) is 25.9 Å². The third-order valence-corrected chi connectivity index (χ3v) is 5.01. The van der Waals surface area contributed by atoms with Crippen LogP contribution in [0.5, 0.6) is 0 Å². The van der Waals surface area contributed by atoms with E-state index >= 15 is 0 Å². The maximum atomic E-state index is 13.0. The summed E-state index contributed by atoms with van der Waals surface area (Å²) in [6.45, 7) is 0.916. The number of sulfonamides is 1. The molecule has 1 heterocycles. The predicted octanol–water partition coefficient (Wildman–Crippen LogP) is 0.965. The lowest BCUT2D eigenvalue weighted by Gasteiger charge is -2.29. The van der Waals surface area contributed by atoms with Crippen LogP contribution in [0.1, 0.15) is 18.4 Å². The lowest BCUT2D eigenvalue weighted by Crippen LogP contribution is -2.42. The van der Waals surface area contributed by atoms with Crippen LogP contribution in [0.2, 0.25) is 0 Å². The second-order valence-electron chi connectivity index (χ2n) is 5.47.